The average Bonchev–Trinajstić information content (AvgIpc) is 2.91. The molecule has 3 nitrogen and oxygen atoms in total. The second-order valence-corrected chi connectivity index (χ2v) is 7.47. The van der Waals surface area contributed by atoms with Crippen molar-refractivity contribution in [3.8, 4) is 11.3 Å². The van der Waals surface area contributed by atoms with Gasteiger partial charge in [0.25, 0.3) is 5.91 Å². The molecule has 0 bridgehead atoms. The van der Waals surface area contributed by atoms with E-state index in [2.05, 4.69) is 10.3 Å². The van der Waals surface area contributed by atoms with Crippen molar-refractivity contribution in [3.63, 3.8) is 0 Å². The molecule has 0 saturated heterocycles. The molecule has 0 aliphatic rings. The van der Waals surface area contributed by atoms with Gasteiger partial charge in [-0.2, -0.15) is 0 Å². The Hall–Kier alpha value is -1.59. The molecule has 24 heavy (non-hydrogen) atoms. The van der Waals surface area contributed by atoms with Gasteiger partial charge < -0.3 is 0 Å². The van der Waals surface area contributed by atoms with Gasteiger partial charge in [-0.3, -0.25) is 10.1 Å². The second kappa shape index (κ2) is 7.11. The van der Waals surface area contributed by atoms with Gasteiger partial charge in [0.15, 0.2) is 5.13 Å². The number of carbonyl (C=O) groups is 1. The highest BCUT2D eigenvalue weighted by atomic mass is 35.5. The molecule has 3 rings (SSSR count). The van der Waals surface area contributed by atoms with Crippen LogP contribution in [-0.2, 0) is 0 Å². The number of nitrogens with zero attached hydrogens (tertiary/aromatic N) is 1. The summed E-state index contributed by atoms with van der Waals surface area (Å²) in [6.45, 7) is 1.94. The molecule has 0 fully saturated rings. The van der Waals surface area contributed by atoms with E-state index in [0.717, 1.165) is 16.1 Å². The van der Waals surface area contributed by atoms with Crippen LogP contribution in [0.1, 0.15) is 15.2 Å². The molecule has 0 radical (unpaired) electrons. The van der Waals surface area contributed by atoms with Crippen molar-refractivity contribution in [3.05, 3.63) is 68.0 Å². The maximum atomic E-state index is 12.3. The van der Waals surface area contributed by atoms with Gasteiger partial charge in [0.05, 0.1) is 15.7 Å². The number of aryl methyl sites for hydroxylation is 1. The van der Waals surface area contributed by atoms with Gasteiger partial charge in [0, 0.05) is 21.0 Å². The molecule has 0 spiro atoms. The van der Waals surface area contributed by atoms with E-state index in [0.29, 0.717) is 25.8 Å². The number of hydrogen-bond acceptors (Lipinski definition) is 3. The molecule has 0 unspecified atom stereocenters. The summed E-state index contributed by atoms with van der Waals surface area (Å²) in [6.07, 6.45) is 0. The lowest BCUT2D eigenvalue weighted by Crippen LogP contribution is -2.11. The molecule has 0 atom stereocenters. The Kier molecular flexibility index (Phi) is 5.11. The van der Waals surface area contributed by atoms with Crippen LogP contribution in [-0.4, -0.2) is 10.9 Å². The van der Waals surface area contributed by atoms with Gasteiger partial charge in [0.1, 0.15) is 0 Å². The quantitative estimate of drug-likeness (QED) is 0.561. The fraction of sp³-hybridized carbons (Fsp3) is 0.0588. The zero-order valence-electron chi connectivity index (χ0n) is 12.4. The van der Waals surface area contributed by atoms with Crippen molar-refractivity contribution in [2.75, 3.05) is 5.32 Å². The molecule has 7 heteroatoms. The van der Waals surface area contributed by atoms with Gasteiger partial charge in [-0.15, -0.1) is 11.3 Å². The van der Waals surface area contributed by atoms with E-state index in [-0.39, 0.29) is 5.91 Å². The monoisotopic (exact) mass is 396 g/mol. The van der Waals surface area contributed by atoms with Crippen LogP contribution in [0.15, 0.2) is 42.5 Å². The molecule has 1 amide bonds. The van der Waals surface area contributed by atoms with E-state index in [9.17, 15) is 4.79 Å². The maximum absolute atomic E-state index is 12.3. The Bertz CT molecular complexity index is 907. The molecule has 1 aromatic heterocycles. The van der Waals surface area contributed by atoms with Gasteiger partial charge in [-0.1, -0.05) is 40.9 Å². The summed E-state index contributed by atoms with van der Waals surface area (Å²) in [4.78, 5) is 17.7. The van der Waals surface area contributed by atoms with E-state index >= 15 is 0 Å². The van der Waals surface area contributed by atoms with Gasteiger partial charge >= 0.3 is 0 Å². The number of hydrogen-bond donors (Lipinski definition) is 1. The summed E-state index contributed by atoms with van der Waals surface area (Å²) >= 11 is 19.2. The van der Waals surface area contributed by atoms with Crippen LogP contribution >= 0.6 is 46.1 Å². The fourth-order valence-corrected chi connectivity index (χ4v) is 3.39. The third kappa shape index (κ3) is 3.73. The van der Waals surface area contributed by atoms with Crippen LogP contribution in [0.25, 0.3) is 11.3 Å². The molecule has 0 aliphatic carbocycles. The van der Waals surface area contributed by atoms with Gasteiger partial charge in [-0.05, 0) is 43.3 Å². The van der Waals surface area contributed by atoms with E-state index in [1.165, 1.54) is 11.3 Å². The van der Waals surface area contributed by atoms with Crippen LogP contribution in [0.2, 0.25) is 15.1 Å². The van der Waals surface area contributed by atoms with E-state index in [1.807, 2.05) is 13.0 Å². The summed E-state index contributed by atoms with van der Waals surface area (Å²) in [6, 6.07) is 12.0. The number of benzene rings is 2. The standard InChI is InChI=1S/C17H11Cl3N2OS/c1-9-15(11-4-7-13(19)14(20)8-11)21-17(24-9)22-16(23)10-2-5-12(18)6-3-10/h2-8H,1H3,(H,21,22,23). The smallest absolute Gasteiger partial charge is 0.257 e. The first-order chi connectivity index (χ1) is 11.4. The molecule has 3 aromatic rings. The molecular formula is C17H11Cl3N2OS. The number of amides is 1. The first kappa shape index (κ1) is 17.2. The number of nitrogens with one attached hydrogen (secondary N) is 1. The highest BCUT2D eigenvalue weighted by Gasteiger charge is 2.14. The Morgan fingerprint density at radius 1 is 1.04 bits per heavy atom. The molecular weight excluding hydrogens is 387 g/mol. The lowest BCUT2D eigenvalue weighted by atomic mass is 10.1. The minimum Gasteiger partial charge on any atom is -0.298 e. The van der Waals surface area contributed by atoms with Crippen LogP contribution in [0, 0.1) is 6.92 Å². The summed E-state index contributed by atoms with van der Waals surface area (Å²) in [7, 11) is 0. The summed E-state index contributed by atoms with van der Waals surface area (Å²) in [5, 5.41) is 4.86. The first-order valence-corrected chi connectivity index (χ1v) is 8.89. The van der Waals surface area contributed by atoms with Crippen LogP contribution < -0.4 is 5.32 Å². The Morgan fingerprint density at radius 3 is 2.42 bits per heavy atom. The number of rotatable bonds is 3. The third-order valence-corrected chi connectivity index (χ3v) is 5.19. The largest absolute Gasteiger partial charge is 0.298 e. The summed E-state index contributed by atoms with van der Waals surface area (Å²) < 4.78 is 0. The summed E-state index contributed by atoms with van der Waals surface area (Å²) in [5.74, 6) is -0.235. The van der Waals surface area contributed by atoms with Crippen LogP contribution in [0.3, 0.4) is 0 Å². The predicted octanol–water partition coefficient (Wildman–Crippen LogP) is 6.33. The van der Waals surface area contributed by atoms with Crippen molar-refractivity contribution >= 4 is 57.2 Å². The third-order valence-electron chi connectivity index (χ3n) is 3.32. The lowest BCUT2D eigenvalue weighted by molar-refractivity contribution is 0.102. The molecule has 0 saturated carbocycles. The Morgan fingerprint density at radius 2 is 1.75 bits per heavy atom. The van der Waals surface area contributed by atoms with Crippen molar-refractivity contribution in [1.82, 2.24) is 4.98 Å². The van der Waals surface area contributed by atoms with E-state index in [4.69, 9.17) is 34.8 Å². The molecule has 0 aliphatic heterocycles. The molecule has 122 valence electrons. The van der Waals surface area contributed by atoms with E-state index in [1.54, 1.807) is 36.4 Å². The number of carbonyl (C=O) groups excluding carboxylic acids is 1. The van der Waals surface area contributed by atoms with E-state index < -0.39 is 0 Å². The number of anilines is 1. The number of halogens is 3. The van der Waals surface area contributed by atoms with Crippen molar-refractivity contribution in [2.45, 2.75) is 6.92 Å². The summed E-state index contributed by atoms with van der Waals surface area (Å²) in [5.41, 5.74) is 2.14. The van der Waals surface area contributed by atoms with Crippen LogP contribution in [0.4, 0.5) is 5.13 Å². The number of thiazole rings is 1. The van der Waals surface area contributed by atoms with Gasteiger partial charge in [-0.25, -0.2) is 4.98 Å². The van der Waals surface area contributed by atoms with Crippen LogP contribution in [0.5, 0.6) is 0 Å². The minimum atomic E-state index is -0.235. The number of aromatic nitrogens is 1. The topological polar surface area (TPSA) is 42.0 Å². The average molecular weight is 398 g/mol. The molecule has 1 heterocycles. The zero-order valence-corrected chi connectivity index (χ0v) is 15.5. The van der Waals surface area contributed by atoms with Crippen molar-refractivity contribution in [1.29, 1.82) is 0 Å². The minimum absolute atomic E-state index is 0.235. The van der Waals surface area contributed by atoms with Crippen molar-refractivity contribution in [2.24, 2.45) is 0 Å². The normalized spacial score (nSPS) is 10.7. The second-order valence-electron chi connectivity index (χ2n) is 5.01. The predicted molar refractivity (Wildman–Crippen MR) is 102 cm³/mol. The highest BCUT2D eigenvalue weighted by molar-refractivity contribution is 7.16. The first-order valence-electron chi connectivity index (χ1n) is 6.94. The lowest BCUT2D eigenvalue weighted by Gasteiger charge is -2.02. The zero-order chi connectivity index (χ0) is 17.3. The molecule has 1 N–H and O–H groups in total. The maximum Gasteiger partial charge on any atom is 0.257 e. The fourth-order valence-electron chi connectivity index (χ4n) is 2.13. The Balaban J connectivity index is 1.84. The molecule has 2 aromatic carbocycles. The SMILES string of the molecule is Cc1sc(NC(=O)c2ccc(Cl)cc2)nc1-c1ccc(Cl)c(Cl)c1. The highest BCUT2D eigenvalue weighted by Crippen LogP contribution is 2.34. The Labute approximate surface area is 158 Å². The van der Waals surface area contributed by atoms with Gasteiger partial charge in [0.2, 0.25) is 0 Å². The van der Waals surface area contributed by atoms with Crippen molar-refractivity contribution < 1.29 is 4.79 Å².